The number of rotatable bonds is 7. The van der Waals surface area contributed by atoms with Crippen molar-refractivity contribution < 1.29 is 23.5 Å². The predicted molar refractivity (Wildman–Crippen MR) is 111 cm³/mol. The Bertz CT molecular complexity index is 1040. The second-order valence-electron chi connectivity index (χ2n) is 6.12. The van der Waals surface area contributed by atoms with Crippen molar-refractivity contribution in [3.8, 4) is 11.3 Å². The average molecular weight is 409 g/mol. The fraction of sp³-hybridized carbons (Fsp3) is 0.136. The van der Waals surface area contributed by atoms with Crippen molar-refractivity contribution in [2.24, 2.45) is 0 Å². The minimum atomic E-state index is -0.732. The SMILES string of the molecule is CSc1ccccc1NC(=O)COC(=O)c1ccc(-c2ccc(C(C)=O)cc2)o1. The lowest BCUT2D eigenvalue weighted by Gasteiger charge is -2.09. The van der Waals surface area contributed by atoms with E-state index in [2.05, 4.69) is 5.32 Å². The summed E-state index contributed by atoms with van der Waals surface area (Å²) in [6.07, 6.45) is 1.91. The molecule has 2 aromatic carbocycles. The first-order valence-corrected chi connectivity index (χ1v) is 10.0. The smallest absolute Gasteiger partial charge is 0.374 e. The van der Waals surface area contributed by atoms with Gasteiger partial charge in [0.1, 0.15) is 5.76 Å². The molecule has 0 spiro atoms. The van der Waals surface area contributed by atoms with Crippen LogP contribution in [0.25, 0.3) is 11.3 Å². The molecule has 3 aromatic rings. The highest BCUT2D eigenvalue weighted by Gasteiger charge is 2.16. The maximum absolute atomic E-state index is 12.2. The lowest BCUT2D eigenvalue weighted by molar-refractivity contribution is -0.119. The first-order valence-electron chi connectivity index (χ1n) is 8.79. The molecule has 29 heavy (non-hydrogen) atoms. The quantitative estimate of drug-likeness (QED) is 0.347. The molecule has 0 unspecified atom stereocenters. The van der Waals surface area contributed by atoms with Gasteiger partial charge in [-0.3, -0.25) is 9.59 Å². The van der Waals surface area contributed by atoms with Crippen LogP contribution in [0.15, 0.2) is 70.0 Å². The van der Waals surface area contributed by atoms with Crippen LogP contribution in [0.3, 0.4) is 0 Å². The molecule has 3 rings (SSSR count). The van der Waals surface area contributed by atoms with E-state index in [9.17, 15) is 14.4 Å². The van der Waals surface area contributed by atoms with E-state index in [1.165, 1.54) is 24.8 Å². The summed E-state index contributed by atoms with van der Waals surface area (Å²) in [5.74, 6) is -0.742. The third-order valence-electron chi connectivity index (χ3n) is 4.10. The third-order valence-corrected chi connectivity index (χ3v) is 4.89. The van der Waals surface area contributed by atoms with Crippen molar-refractivity contribution in [3.05, 3.63) is 72.0 Å². The Morgan fingerprint density at radius 1 is 1.00 bits per heavy atom. The summed E-state index contributed by atoms with van der Waals surface area (Å²) < 4.78 is 10.6. The molecule has 0 aliphatic carbocycles. The average Bonchev–Trinajstić information content (AvgIpc) is 3.23. The number of Topliss-reactive ketones (excluding diaryl/α,β-unsaturated/α-hetero) is 1. The van der Waals surface area contributed by atoms with Gasteiger partial charge in [-0.25, -0.2) is 4.79 Å². The van der Waals surface area contributed by atoms with Crippen LogP contribution in [0.5, 0.6) is 0 Å². The van der Waals surface area contributed by atoms with E-state index in [0.717, 1.165) is 10.5 Å². The maximum Gasteiger partial charge on any atom is 0.374 e. The molecule has 0 aliphatic heterocycles. The van der Waals surface area contributed by atoms with Crippen LogP contribution in [0.1, 0.15) is 27.8 Å². The largest absolute Gasteiger partial charge is 0.450 e. The fourth-order valence-electron chi connectivity index (χ4n) is 2.61. The van der Waals surface area contributed by atoms with Crippen molar-refractivity contribution in [1.29, 1.82) is 0 Å². The molecule has 0 atom stereocenters. The first kappa shape index (κ1) is 20.4. The van der Waals surface area contributed by atoms with Crippen molar-refractivity contribution in [3.63, 3.8) is 0 Å². The summed E-state index contributed by atoms with van der Waals surface area (Å²) in [6, 6.07) is 17.3. The third kappa shape index (κ3) is 5.14. The number of benzene rings is 2. The number of para-hydroxylation sites is 1. The monoisotopic (exact) mass is 409 g/mol. The van der Waals surface area contributed by atoms with Crippen LogP contribution in [0.2, 0.25) is 0 Å². The molecular formula is C22H19NO5S. The van der Waals surface area contributed by atoms with E-state index in [4.69, 9.17) is 9.15 Å². The van der Waals surface area contributed by atoms with Gasteiger partial charge in [-0.1, -0.05) is 36.4 Å². The van der Waals surface area contributed by atoms with Gasteiger partial charge in [-0.05, 0) is 37.4 Å². The van der Waals surface area contributed by atoms with Crippen LogP contribution < -0.4 is 5.32 Å². The lowest BCUT2D eigenvalue weighted by atomic mass is 10.1. The fourth-order valence-corrected chi connectivity index (χ4v) is 3.16. The number of hydrogen-bond acceptors (Lipinski definition) is 6. The van der Waals surface area contributed by atoms with E-state index in [-0.39, 0.29) is 11.5 Å². The summed E-state index contributed by atoms with van der Waals surface area (Å²) in [5.41, 5.74) is 1.98. The van der Waals surface area contributed by atoms with Gasteiger partial charge in [-0.2, -0.15) is 0 Å². The summed E-state index contributed by atoms with van der Waals surface area (Å²) >= 11 is 1.51. The Labute approximate surface area is 172 Å². The van der Waals surface area contributed by atoms with E-state index >= 15 is 0 Å². The Hall–Kier alpha value is -3.32. The number of ketones is 1. The van der Waals surface area contributed by atoms with Crippen LogP contribution in [0, 0.1) is 0 Å². The molecule has 0 fully saturated rings. The minimum Gasteiger partial charge on any atom is -0.450 e. The second kappa shape index (κ2) is 9.25. The van der Waals surface area contributed by atoms with Crippen molar-refractivity contribution in [2.45, 2.75) is 11.8 Å². The molecular weight excluding hydrogens is 390 g/mol. The van der Waals surface area contributed by atoms with Gasteiger partial charge in [0, 0.05) is 16.0 Å². The summed E-state index contributed by atoms with van der Waals surface area (Å²) in [7, 11) is 0. The highest BCUT2D eigenvalue weighted by Crippen LogP contribution is 2.25. The zero-order valence-electron chi connectivity index (χ0n) is 15.9. The van der Waals surface area contributed by atoms with Crippen molar-refractivity contribution in [2.75, 3.05) is 18.2 Å². The van der Waals surface area contributed by atoms with Gasteiger partial charge >= 0.3 is 5.97 Å². The molecule has 7 heteroatoms. The maximum atomic E-state index is 12.2. The van der Waals surface area contributed by atoms with E-state index < -0.39 is 18.5 Å². The molecule has 148 valence electrons. The molecule has 0 aliphatic rings. The molecule has 1 amide bonds. The Kier molecular flexibility index (Phi) is 6.51. The van der Waals surface area contributed by atoms with Crippen LogP contribution in [0.4, 0.5) is 5.69 Å². The predicted octanol–water partition coefficient (Wildman–Crippen LogP) is 4.67. The van der Waals surface area contributed by atoms with Crippen LogP contribution in [-0.4, -0.2) is 30.5 Å². The number of nitrogens with one attached hydrogen (secondary N) is 1. The standard InChI is InChI=1S/C22H19NO5S/c1-14(24)15-7-9-16(10-8-15)18-11-12-19(28-18)22(26)27-13-21(25)23-17-5-3-4-6-20(17)29-2/h3-12H,13H2,1-2H3,(H,23,25). The number of ether oxygens (including phenoxy) is 1. The molecule has 1 N–H and O–H groups in total. The highest BCUT2D eigenvalue weighted by molar-refractivity contribution is 7.98. The number of carbonyl (C=O) groups is 3. The minimum absolute atomic E-state index is 0.00652. The molecule has 1 aromatic heterocycles. The van der Waals surface area contributed by atoms with E-state index in [1.807, 2.05) is 24.5 Å². The van der Waals surface area contributed by atoms with Gasteiger partial charge in [0.2, 0.25) is 5.76 Å². The normalized spacial score (nSPS) is 10.4. The highest BCUT2D eigenvalue weighted by atomic mass is 32.2. The van der Waals surface area contributed by atoms with Gasteiger partial charge < -0.3 is 14.5 Å². The number of hydrogen-bond donors (Lipinski definition) is 1. The van der Waals surface area contributed by atoms with Crippen LogP contribution >= 0.6 is 11.8 Å². The summed E-state index contributed by atoms with van der Waals surface area (Å²) in [5, 5.41) is 2.72. The molecule has 0 radical (unpaired) electrons. The first-order chi connectivity index (χ1) is 14.0. The number of anilines is 1. The van der Waals surface area contributed by atoms with Gasteiger partial charge in [0.15, 0.2) is 12.4 Å². The topological polar surface area (TPSA) is 85.6 Å². The summed E-state index contributed by atoms with van der Waals surface area (Å²) in [4.78, 5) is 36.5. The van der Waals surface area contributed by atoms with Gasteiger partial charge in [0.05, 0.1) is 5.69 Å². The molecule has 0 saturated heterocycles. The Morgan fingerprint density at radius 3 is 2.41 bits per heavy atom. The van der Waals surface area contributed by atoms with Crippen molar-refractivity contribution >= 4 is 35.1 Å². The number of amides is 1. The molecule has 0 saturated carbocycles. The molecule has 1 heterocycles. The zero-order valence-corrected chi connectivity index (χ0v) is 16.7. The second-order valence-corrected chi connectivity index (χ2v) is 6.97. The lowest BCUT2D eigenvalue weighted by Crippen LogP contribution is -2.21. The Balaban J connectivity index is 1.59. The van der Waals surface area contributed by atoms with E-state index in [1.54, 1.807) is 36.4 Å². The van der Waals surface area contributed by atoms with Crippen molar-refractivity contribution in [1.82, 2.24) is 0 Å². The number of esters is 1. The van der Waals surface area contributed by atoms with Gasteiger partial charge in [0.25, 0.3) is 5.91 Å². The van der Waals surface area contributed by atoms with E-state index in [0.29, 0.717) is 17.0 Å². The number of furan rings is 1. The number of thioether (sulfide) groups is 1. The van der Waals surface area contributed by atoms with Crippen LogP contribution in [-0.2, 0) is 9.53 Å². The van der Waals surface area contributed by atoms with Gasteiger partial charge in [-0.15, -0.1) is 11.8 Å². The Morgan fingerprint density at radius 2 is 1.72 bits per heavy atom. The molecule has 6 nitrogen and oxygen atoms in total. The zero-order chi connectivity index (χ0) is 20.8. The molecule has 0 bridgehead atoms. The summed E-state index contributed by atoms with van der Waals surface area (Å²) in [6.45, 7) is 1.07. The number of carbonyl (C=O) groups excluding carboxylic acids is 3.